The maximum Gasteiger partial charge on any atom is 0.160 e. The first-order valence-electron chi connectivity index (χ1n) is 15.0. The van der Waals surface area contributed by atoms with Gasteiger partial charge in [-0.3, -0.25) is 0 Å². The van der Waals surface area contributed by atoms with Crippen molar-refractivity contribution in [2.45, 2.75) is 0 Å². The summed E-state index contributed by atoms with van der Waals surface area (Å²) in [6.07, 6.45) is 0. The van der Waals surface area contributed by atoms with Crippen molar-refractivity contribution in [1.29, 1.82) is 0 Å². The molecular formula is C41H25N3S. The quantitative estimate of drug-likeness (QED) is 0.204. The van der Waals surface area contributed by atoms with Gasteiger partial charge in [0.25, 0.3) is 0 Å². The molecule has 0 bridgehead atoms. The van der Waals surface area contributed by atoms with Crippen LogP contribution in [-0.2, 0) is 0 Å². The van der Waals surface area contributed by atoms with Crippen LogP contribution in [0.1, 0.15) is 0 Å². The number of hydrogen-bond acceptors (Lipinski definition) is 4. The zero-order valence-corrected chi connectivity index (χ0v) is 25.0. The van der Waals surface area contributed by atoms with Gasteiger partial charge in [0.15, 0.2) is 5.82 Å². The minimum atomic E-state index is 0.696. The van der Waals surface area contributed by atoms with Crippen LogP contribution in [0.2, 0.25) is 0 Å². The lowest BCUT2D eigenvalue weighted by molar-refractivity contribution is 1.18. The van der Waals surface area contributed by atoms with Gasteiger partial charge in [0, 0.05) is 47.8 Å². The van der Waals surface area contributed by atoms with Crippen LogP contribution < -0.4 is 0 Å². The second kappa shape index (κ2) is 10.5. The summed E-state index contributed by atoms with van der Waals surface area (Å²) in [7, 11) is 0. The molecule has 0 unspecified atom stereocenters. The monoisotopic (exact) mass is 591 g/mol. The Morgan fingerprint density at radius 3 is 1.91 bits per heavy atom. The number of aromatic nitrogens is 3. The molecule has 0 amide bonds. The third-order valence-corrected chi connectivity index (χ3v) is 9.69. The van der Waals surface area contributed by atoms with Gasteiger partial charge < -0.3 is 0 Å². The molecule has 0 spiro atoms. The van der Waals surface area contributed by atoms with Crippen molar-refractivity contribution >= 4 is 53.2 Å². The van der Waals surface area contributed by atoms with Gasteiger partial charge in [0.05, 0.1) is 22.6 Å². The van der Waals surface area contributed by atoms with E-state index in [2.05, 4.69) is 115 Å². The Bertz CT molecular complexity index is 2470. The van der Waals surface area contributed by atoms with Crippen LogP contribution in [0.5, 0.6) is 0 Å². The molecule has 210 valence electrons. The molecular weight excluding hydrogens is 567 g/mol. The van der Waals surface area contributed by atoms with Crippen LogP contribution in [0.3, 0.4) is 0 Å². The molecule has 0 aliphatic heterocycles. The number of rotatable bonds is 4. The van der Waals surface area contributed by atoms with Crippen LogP contribution in [-0.4, -0.2) is 15.0 Å². The van der Waals surface area contributed by atoms with Crippen LogP contribution >= 0.6 is 11.3 Å². The fraction of sp³-hybridized carbons (Fsp3) is 0. The lowest BCUT2D eigenvalue weighted by atomic mass is 9.96. The first kappa shape index (κ1) is 25.8. The van der Waals surface area contributed by atoms with Gasteiger partial charge >= 0.3 is 0 Å². The molecule has 0 saturated carbocycles. The lowest BCUT2D eigenvalue weighted by Crippen LogP contribution is -1.97. The van der Waals surface area contributed by atoms with Gasteiger partial charge in [0.1, 0.15) is 0 Å². The summed E-state index contributed by atoms with van der Waals surface area (Å²) in [6.45, 7) is 0. The Morgan fingerprint density at radius 2 is 1.07 bits per heavy atom. The number of nitrogens with zero attached hydrogens (tertiary/aromatic N) is 3. The second-order valence-electron chi connectivity index (χ2n) is 11.2. The predicted molar refractivity (Wildman–Crippen MR) is 189 cm³/mol. The number of pyridine rings is 1. The Balaban J connectivity index is 1.39. The summed E-state index contributed by atoms with van der Waals surface area (Å²) >= 11 is 1.84. The average Bonchev–Trinajstić information content (AvgIpc) is 3.52. The minimum absolute atomic E-state index is 0.696. The topological polar surface area (TPSA) is 38.7 Å². The Morgan fingerprint density at radius 1 is 0.444 bits per heavy atom. The number of benzene rings is 6. The largest absolute Gasteiger partial charge is 0.246 e. The van der Waals surface area contributed by atoms with Crippen molar-refractivity contribution < 1.29 is 0 Å². The summed E-state index contributed by atoms with van der Waals surface area (Å²) < 4.78 is 2.50. The highest BCUT2D eigenvalue weighted by atomic mass is 32.1. The molecule has 0 aliphatic rings. The molecule has 3 heterocycles. The van der Waals surface area contributed by atoms with Gasteiger partial charge in [-0.2, -0.15) is 0 Å². The third kappa shape index (κ3) is 4.30. The van der Waals surface area contributed by atoms with E-state index in [9.17, 15) is 0 Å². The van der Waals surface area contributed by atoms with Crippen molar-refractivity contribution in [2.75, 3.05) is 0 Å². The van der Waals surface area contributed by atoms with E-state index in [-0.39, 0.29) is 0 Å². The number of hydrogen-bond donors (Lipinski definition) is 0. The van der Waals surface area contributed by atoms with E-state index >= 15 is 0 Å². The van der Waals surface area contributed by atoms with Crippen LogP contribution in [0.15, 0.2) is 152 Å². The zero-order valence-electron chi connectivity index (χ0n) is 24.2. The standard InChI is InChI=1S/C41H25N3S/c1-3-14-27(15-4-1)34-25-35(43-41(42-34)28-16-5-2-6-17-28)31-22-12-23-33-38(31)44-39(30-21-11-18-26-13-7-8-19-29(26)30)37-32-20-9-10-24-36(32)45-40(33)37/h1-25H. The Labute approximate surface area is 264 Å². The predicted octanol–water partition coefficient (Wildman–Crippen LogP) is 11.2. The highest BCUT2D eigenvalue weighted by Gasteiger charge is 2.20. The molecule has 3 nitrogen and oxygen atoms in total. The van der Waals surface area contributed by atoms with Crippen molar-refractivity contribution in [1.82, 2.24) is 15.0 Å². The molecule has 6 aromatic carbocycles. The molecule has 4 heteroatoms. The number of para-hydroxylation sites is 1. The van der Waals surface area contributed by atoms with E-state index in [1.54, 1.807) is 0 Å². The minimum Gasteiger partial charge on any atom is -0.246 e. The van der Waals surface area contributed by atoms with Gasteiger partial charge in [-0.25, -0.2) is 15.0 Å². The molecule has 9 aromatic rings. The lowest BCUT2D eigenvalue weighted by Gasteiger charge is -2.14. The highest BCUT2D eigenvalue weighted by molar-refractivity contribution is 7.26. The van der Waals surface area contributed by atoms with E-state index in [1.165, 1.54) is 30.9 Å². The van der Waals surface area contributed by atoms with Gasteiger partial charge in [0.2, 0.25) is 0 Å². The summed E-state index contributed by atoms with van der Waals surface area (Å²) in [5, 5.41) is 5.97. The molecule has 3 aromatic heterocycles. The fourth-order valence-corrected chi connectivity index (χ4v) is 7.61. The van der Waals surface area contributed by atoms with Gasteiger partial charge in [-0.05, 0) is 22.9 Å². The van der Waals surface area contributed by atoms with Crippen LogP contribution in [0, 0.1) is 0 Å². The molecule has 45 heavy (non-hydrogen) atoms. The Hall–Kier alpha value is -5.71. The van der Waals surface area contributed by atoms with E-state index in [1.807, 2.05) is 47.7 Å². The van der Waals surface area contributed by atoms with Crippen molar-refractivity contribution in [3.05, 3.63) is 152 Å². The third-order valence-electron chi connectivity index (χ3n) is 8.48. The average molecular weight is 592 g/mol. The number of thiophene rings is 1. The van der Waals surface area contributed by atoms with Crippen molar-refractivity contribution in [3.8, 4) is 45.2 Å². The summed E-state index contributed by atoms with van der Waals surface area (Å²) in [5.74, 6) is 0.696. The van der Waals surface area contributed by atoms with Gasteiger partial charge in [-0.1, -0.05) is 140 Å². The highest BCUT2D eigenvalue weighted by Crippen LogP contribution is 2.45. The first-order chi connectivity index (χ1) is 22.3. The van der Waals surface area contributed by atoms with Crippen LogP contribution in [0.4, 0.5) is 0 Å². The molecule has 0 atom stereocenters. The van der Waals surface area contributed by atoms with Crippen molar-refractivity contribution in [3.63, 3.8) is 0 Å². The maximum absolute atomic E-state index is 5.57. The molecule has 0 radical (unpaired) electrons. The molecule has 0 saturated heterocycles. The maximum atomic E-state index is 5.57. The summed E-state index contributed by atoms with van der Waals surface area (Å²) in [4.78, 5) is 15.8. The van der Waals surface area contributed by atoms with Crippen LogP contribution in [0.25, 0.3) is 87.0 Å². The fourth-order valence-electron chi connectivity index (χ4n) is 6.38. The Kier molecular flexibility index (Phi) is 6.00. The second-order valence-corrected chi connectivity index (χ2v) is 12.2. The van der Waals surface area contributed by atoms with E-state index in [4.69, 9.17) is 15.0 Å². The molecule has 0 N–H and O–H groups in total. The zero-order chi connectivity index (χ0) is 29.7. The SMILES string of the molecule is c1ccc(-c2cc(-c3cccc4c3nc(-c3cccc5ccccc35)c3c5ccccc5sc43)nc(-c3ccccc3)n2)cc1. The smallest absolute Gasteiger partial charge is 0.160 e. The van der Waals surface area contributed by atoms with E-state index < -0.39 is 0 Å². The first-order valence-corrected chi connectivity index (χ1v) is 15.9. The van der Waals surface area contributed by atoms with E-state index in [0.717, 1.165) is 50.2 Å². The summed E-state index contributed by atoms with van der Waals surface area (Å²) in [5.41, 5.74) is 7.83. The van der Waals surface area contributed by atoms with Gasteiger partial charge in [-0.15, -0.1) is 11.3 Å². The normalized spacial score (nSPS) is 11.6. The van der Waals surface area contributed by atoms with E-state index in [0.29, 0.717) is 5.82 Å². The molecule has 0 aliphatic carbocycles. The summed E-state index contributed by atoms with van der Waals surface area (Å²) in [6, 6.07) is 52.9. The molecule has 0 fully saturated rings. The molecule has 9 rings (SSSR count). The van der Waals surface area contributed by atoms with Crippen molar-refractivity contribution in [2.24, 2.45) is 0 Å². The number of fused-ring (bicyclic) bond motifs is 6.